The van der Waals surface area contributed by atoms with Crippen LogP contribution in [0.25, 0.3) is 0 Å². The van der Waals surface area contributed by atoms with Gasteiger partial charge in [0.15, 0.2) is 0 Å². The van der Waals surface area contributed by atoms with Gasteiger partial charge in [0.25, 0.3) is 0 Å². The number of nitrogens with one attached hydrogen (secondary N) is 2. The van der Waals surface area contributed by atoms with Crippen LogP contribution in [-0.2, 0) is 12.0 Å². The summed E-state index contributed by atoms with van der Waals surface area (Å²) in [6.07, 6.45) is 1.36. The van der Waals surface area contributed by atoms with Crippen LogP contribution in [0.2, 0.25) is 5.02 Å². The van der Waals surface area contributed by atoms with E-state index in [1.54, 1.807) is 0 Å². The van der Waals surface area contributed by atoms with Crippen LogP contribution in [0, 0.1) is 5.82 Å². The first-order valence-corrected chi connectivity index (χ1v) is 7.65. The Morgan fingerprint density at radius 2 is 2.09 bits per heavy atom. The van der Waals surface area contributed by atoms with Gasteiger partial charge < -0.3 is 15.7 Å². The van der Waals surface area contributed by atoms with Gasteiger partial charge in [-0.3, -0.25) is 0 Å². The molecule has 1 atom stereocenters. The fourth-order valence-corrected chi connectivity index (χ4v) is 3.16. The highest BCUT2D eigenvalue weighted by Gasteiger charge is 2.39. The van der Waals surface area contributed by atoms with E-state index in [0.29, 0.717) is 11.4 Å². The van der Waals surface area contributed by atoms with Gasteiger partial charge in [0.2, 0.25) is 0 Å². The van der Waals surface area contributed by atoms with Crippen LogP contribution in [0.4, 0.5) is 14.9 Å². The van der Waals surface area contributed by atoms with E-state index < -0.39 is 17.4 Å². The average Bonchev–Trinajstić information content (AvgIpc) is 2.90. The van der Waals surface area contributed by atoms with E-state index >= 15 is 0 Å². The first kappa shape index (κ1) is 15.8. The monoisotopic (exact) mass is 334 g/mol. The number of anilines is 1. The fraction of sp³-hybridized carbons (Fsp3) is 0.235. The Morgan fingerprint density at radius 3 is 2.87 bits per heavy atom. The molecule has 4 nitrogen and oxygen atoms in total. The first-order valence-electron chi connectivity index (χ1n) is 7.27. The maximum atomic E-state index is 13.7. The molecule has 2 aromatic rings. The highest BCUT2D eigenvalue weighted by Crippen LogP contribution is 2.36. The molecule has 0 bridgehead atoms. The van der Waals surface area contributed by atoms with Crippen LogP contribution in [0.3, 0.4) is 0 Å². The maximum Gasteiger partial charge on any atom is 0.320 e. The SMILES string of the molecule is O=C(Nc1cc(Cl)ccc1F)NC1(CO)CCc2ccccc21. The summed E-state index contributed by atoms with van der Waals surface area (Å²) in [5, 5.41) is 15.4. The molecule has 1 aliphatic rings. The van der Waals surface area contributed by atoms with Crippen molar-refractivity contribution in [2.45, 2.75) is 18.4 Å². The first-order chi connectivity index (χ1) is 11.0. The lowest BCUT2D eigenvalue weighted by Crippen LogP contribution is -2.49. The Morgan fingerprint density at radius 1 is 1.30 bits per heavy atom. The Hall–Kier alpha value is -2.11. The van der Waals surface area contributed by atoms with Crippen LogP contribution in [0.15, 0.2) is 42.5 Å². The quantitative estimate of drug-likeness (QED) is 0.805. The Bertz CT molecular complexity index is 753. The zero-order chi connectivity index (χ0) is 16.4. The van der Waals surface area contributed by atoms with E-state index in [4.69, 9.17) is 11.6 Å². The van der Waals surface area contributed by atoms with Crippen LogP contribution in [0.5, 0.6) is 0 Å². The number of aliphatic hydroxyl groups excluding tert-OH is 1. The third-order valence-corrected chi connectivity index (χ3v) is 4.39. The lowest BCUT2D eigenvalue weighted by Gasteiger charge is -2.29. The van der Waals surface area contributed by atoms with Crippen molar-refractivity contribution in [1.82, 2.24) is 5.32 Å². The minimum absolute atomic E-state index is 0.00521. The molecule has 0 aliphatic heterocycles. The van der Waals surface area contributed by atoms with E-state index in [-0.39, 0.29) is 12.3 Å². The van der Waals surface area contributed by atoms with Crippen molar-refractivity contribution in [2.75, 3.05) is 11.9 Å². The van der Waals surface area contributed by atoms with Crippen LogP contribution in [-0.4, -0.2) is 17.7 Å². The van der Waals surface area contributed by atoms with Crippen LogP contribution in [0.1, 0.15) is 17.5 Å². The predicted molar refractivity (Wildman–Crippen MR) is 87.1 cm³/mol. The number of fused-ring (bicyclic) bond motifs is 1. The number of halogens is 2. The molecule has 0 radical (unpaired) electrons. The molecule has 0 heterocycles. The topological polar surface area (TPSA) is 61.4 Å². The van der Waals surface area contributed by atoms with Gasteiger partial charge in [0.1, 0.15) is 5.82 Å². The number of amides is 2. The van der Waals surface area contributed by atoms with Gasteiger partial charge in [-0.25, -0.2) is 9.18 Å². The van der Waals surface area contributed by atoms with E-state index in [1.807, 2.05) is 24.3 Å². The van der Waals surface area contributed by atoms with Gasteiger partial charge in [-0.05, 0) is 42.2 Å². The Balaban J connectivity index is 1.80. The molecule has 1 unspecified atom stereocenters. The van der Waals surface area contributed by atoms with Crippen LogP contribution < -0.4 is 10.6 Å². The summed E-state index contributed by atoms with van der Waals surface area (Å²) in [5.41, 5.74) is 1.13. The van der Waals surface area contributed by atoms with E-state index in [2.05, 4.69) is 10.6 Å². The minimum atomic E-state index is -0.851. The molecule has 6 heteroatoms. The number of carbonyl (C=O) groups is 1. The van der Waals surface area contributed by atoms with Gasteiger partial charge in [0.05, 0.1) is 17.8 Å². The molecule has 2 amide bonds. The highest BCUT2D eigenvalue weighted by molar-refractivity contribution is 6.30. The normalized spacial score (nSPS) is 19.3. The Kier molecular flexibility index (Phi) is 4.24. The third-order valence-electron chi connectivity index (χ3n) is 4.15. The molecule has 120 valence electrons. The largest absolute Gasteiger partial charge is 0.394 e. The molecule has 2 aromatic carbocycles. The van der Waals surface area contributed by atoms with Crippen molar-refractivity contribution in [3.05, 3.63) is 64.4 Å². The van der Waals surface area contributed by atoms with Crippen molar-refractivity contribution < 1.29 is 14.3 Å². The summed E-state index contributed by atoms with van der Waals surface area (Å²) < 4.78 is 13.7. The molecule has 23 heavy (non-hydrogen) atoms. The lowest BCUT2D eigenvalue weighted by molar-refractivity contribution is 0.164. The van der Waals surface area contributed by atoms with Gasteiger partial charge >= 0.3 is 6.03 Å². The fourth-order valence-electron chi connectivity index (χ4n) is 2.99. The number of aryl methyl sites for hydroxylation is 1. The number of rotatable bonds is 3. The van der Waals surface area contributed by atoms with E-state index in [1.165, 1.54) is 18.2 Å². The zero-order valence-corrected chi connectivity index (χ0v) is 13.0. The summed E-state index contributed by atoms with van der Waals surface area (Å²) in [7, 11) is 0. The minimum Gasteiger partial charge on any atom is -0.394 e. The van der Waals surface area contributed by atoms with E-state index in [9.17, 15) is 14.3 Å². The van der Waals surface area contributed by atoms with Crippen molar-refractivity contribution in [3.63, 3.8) is 0 Å². The van der Waals surface area contributed by atoms with E-state index in [0.717, 1.165) is 17.5 Å². The number of aliphatic hydroxyl groups is 1. The van der Waals surface area contributed by atoms with Gasteiger partial charge in [0, 0.05) is 5.02 Å². The number of benzene rings is 2. The number of carbonyl (C=O) groups excluding carboxylic acids is 1. The standard InChI is InChI=1S/C17H16ClFN2O2/c18-12-5-6-14(19)15(9-12)20-16(23)21-17(10-22)8-7-11-3-1-2-4-13(11)17/h1-6,9,22H,7-8,10H2,(H2,20,21,23). The number of urea groups is 1. The molecule has 1 aliphatic carbocycles. The van der Waals surface area contributed by atoms with Gasteiger partial charge in [-0.15, -0.1) is 0 Å². The molecular weight excluding hydrogens is 319 g/mol. The second kappa shape index (κ2) is 6.18. The zero-order valence-electron chi connectivity index (χ0n) is 12.3. The maximum absolute atomic E-state index is 13.7. The Labute approximate surface area is 138 Å². The molecule has 3 rings (SSSR count). The smallest absolute Gasteiger partial charge is 0.320 e. The van der Waals surface area contributed by atoms with Crippen LogP contribution >= 0.6 is 11.6 Å². The lowest BCUT2D eigenvalue weighted by atomic mass is 9.93. The number of hydrogen-bond donors (Lipinski definition) is 3. The van der Waals surface area contributed by atoms with Gasteiger partial charge in [-0.2, -0.15) is 0 Å². The van der Waals surface area contributed by atoms with Crippen molar-refractivity contribution >= 4 is 23.3 Å². The summed E-state index contributed by atoms with van der Waals surface area (Å²) >= 11 is 5.81. The molecule has 0 saturated carbocycles. The molecule has 3 N–H and O–H groups in total. The number of hydrogen-bond acceptors (Lipinski definition) is 2. The molecule has 0 spiro atoms. The average molecular weight is 335 g/mol. The second-order valence-corrected chi connectivity index (χ2v) is 6.04. The summed E-state index contributed by atoms with van der Waals surface area (Å²) in [4.78, 5) is 12.3. The summed E-state index contributed by atoms with van der Waals surface area (Å²) in [5.74, 6) is -0.575. The van der Waals surface area contributed by atoms with Crippen molar-refractivity contribution in [3.8, 4) is 0 Å². The highest BCUT2D eigenvalue weighted by atomic mass is 35.5. The molecular formula is C17H16ClFN2O2. The van der Waals surface area contributed by atoms with Crippen molar-refractivity contribution in [1.29, 1.82) is 0 Å². The molecule has 0 saturated heterocycles. The second-order valence-electron chi connectivity index (χ2n) is 5.60. The summed E-state index contributed by atoms with van der Waals surface area (Å²) in [6.45, 7) is -0.227. The van der Waals surface area contributed by atoms with Gasteiger partial charge in [-0.1, -0.05) is 35.9 Å². The predicted octanol–water partition coefficient (Wildman–Crippen LogP) is 3.43. The summed E-state index contributed by atoms with van der Waals surface area (Å²) in [6, 6.07) is 11.0. The molecule has 0 fully saturated rings. The third kappa shape index (κ3) is 3.02. The van der Waals surface area contributed by atoms with Crippen molar-refractivity contribution in [2.24, 2.45) is 0 Å². The molecule has 0 aromatic heterocycles.